The summed E-state index contributed by atoms with van der Waals surface area (Å²) in [7, 11) is 2.08. The summed E-state index contributed by atoms with van der Waals surface area (Å²) in [6, 6.07) is 8.26. The first kappa shape index (κ1) is 12.6. The molecule has 94 valence electrons. The molecular formula is C16H20N2. The highest BCUT2D eigenvalue weighted by molar-refractivity contribution is 5.80. The molecule has 0 fully saturated rings. The van der Waals surface area contributed by atoms with Crippen LogP contribution >= 0.6 is 0 Å². The molecule has 0 N–H and O–H groups in total. The Labute approximate surface area is 109 Å². The number of rotatable bonds is 3. The first-order chi connectivity index (χ1) is 8.63. The second-order valence-electron chi connectivity index (χ2n) is 4.77. The highest BCUT2D eigenvalue weighted by Gasteiger charge is 2.09. The average Bonchev–Trinajstić information content (AvgIpc) is 2.68. The van der Waals surface area contributed by atoms with Gasteiger partial charge in [-0.2, -0.15) is 0 Å². The minimum Gasteiger partial charge on any atom is -0.327 e. The van der Waals surface area contributed by atoms with Crippen LogP contribution in [0.5, 0.6) is 0 Å². The van der Waals surface area contributed by atoms with E-state index in [4.69, 9.17) is 4.98 Å². The third kappa shape index (κ3) is 2.37. The summed E-state index contributed by atoms with van der Waals surface area (Å²) in [4.78, 5) is 4.73. The molecule has 18 heavy (non-hydrogen) atoms. The van der Waals surface area contributed by atoms with Gasteiger partial charge in [-0.25, -0.2) is 4.98 Å². The number of imidazole rings is 1. The van der Waals surface area contributed by atoms with Crippen LogP contribution in [0.15, 0.2) is 42.0 Å². The molecule has 0 saturated carbocycles. The van der Waals surface area contributed by atoms with Crippen molar-refractivity contribution in [2.75, 3.05) is 0 Å². The molecule has 0 aliphatic rings. The fourth-order valence-corrected chi connectivity index (χ4v) is 2.05. The van der Waals surface area contributed by atoms with Gasteiger partial charge < -0.3 is 4.57 Å². The summed E-state index contributed by atoms with van der Waals surface area (Å²) >= 11 is 0. The number of fused-ring (bicyclic) bond motifs is 1. The van der Waals surface area contributed by atoms with Crippen molar-refractivity contribution in [2.45, 2.75) is 27.2 Å². The van der Waals surface area contributed by atoms with Crippen LogP contribution in [0.4, 0.5) is 0 Å². The Morgan fingerprint density at radius 2 is 1.94 bits per heavy atom. The van der Waals surface area contributed by atoms with Crippen LogP contribution in [0.25, 0.3) is 16.6 Å². The SMILES string of the molecule is CC/C(=C\C=C(C)C)c1nc2ccccc2n1C. The van der Waals surface area contributed by atoms with Gasteiger partial charge in [0.15, 0.2) is 0 Å². The van der Waals surface area contributed by atoms with Crippen molar-refractivity contribution in [2.24, 2.45) is 7.05 Å². The third-order valence-electron chi connectivity index (χ3n) is 3.07. The monoisotopic (exact) mass is 240 g/mol. The topological polar surface area (TPSA) is 17.8 Å². The van der Waals surface area contributed by atoms with Gasteiger partial charge in [0.2, 0.25) is 0 Å². The van der Waals surface area contributed by atoms with Crippen molar-refractivity contribution in [3.8, 4) is 0 Å². The zero-order valence-electron chi connectivity index (χ0n) is 11.6. The van der Waals surface area contributed by atoms with Crippen molar-refractivity contribution in [1.29, 1.82) is 0 Å². The molecular weight excluding hydrogens is 220 g/mol. The Morgan fingerprint density at radius 3 is 2.56 bits per heavy atom. The summed E-state index contributed by atoms with van der Waals surface area (Å²) in [6.07, 6.45) is 5.32. The lowest BCUT2D eigenvalue weighted by atomic mass is 10.1. The van der Waals surface area contributed by atoms with Crippen LogP contribution in [0.2, 0.25) is 0 Å². The molecule has 1 aromatic heterocycles. The lowest BCUT2D eigenvalue weighted by molar-refractivity contribution is 0.910. The van der Waals surface area contributed by atoms with Gasteiger partial charge in [-0.3, -0.25) is 0 Å². The largest absolute Gasteiger partial charge is 0.327 e. The Hall–Kier alpha value is -1.83. The molecule has 0 aliphatic heterocycles. The molecule has 0 amide bonds. The molecule has 0 bridgehead atoms. The molecule has 1 heterocycles. The third-order valence-corrected chi connectivity index (χ3v) is 3.07. The van der Waals surface area contributed by atoms with Gasteiger partial charge in [0.05, 0.1) is 11.0 Å². The molecule has 0 spiro atoms. The maximum Gasteiger partial charge on any atom is 0.136 e. The van der Waals surface area contributed by atoms with Crippen LogP contribution in [0.3, 0.4) is 0 Å². The number of aromatic nitrogens is 2. The zero-order chi connectivity index (χ0) is 13.1. The van der Waals surface area contributed by atoms with Crippen LogP contribution in [-0.2, 0) is 7.05 Å². The first-order valence-corrected chi connectivity index (χ1v) is 6.39. The second-order valence-corrected chi connectivity index (χ2v) is 4.77. The summed E-state index contributed by atoms with van der Waals surface area (Å²) in [5.41, 5.74) is 4.82. The minimum atomic E-state index is 0.987. The minimum absolute atomic E-state index is 0.987. The molecule has 0 atom stereocenters. The number of hydrogen-bond donors (Lipinski definition) is 0. The predicted octanol–water partition coefficient (Wildman–Crippen LogP) is 4.33. The normalized spacial score (nSPS) is 11.9. The van der Waals surface area contributed by atoms with Gasteiger partial charge in [0, 0.05) is 7.05 Å². The van der Waals surface area contributed by atoms with Gasteiger partial charge in [0.25, 0.3) is 0 Å². The number of aryl methyl sites for hydroxylation is 1. The van der Waals surface area contributed by atoms with E-state index in [0.717, 1.165) is 17.8 Å². The van der Waals surface area contributed by atoms with E-state index in [-0.39, 0.29) is 0 Å². The van der Waals surface area contributed by atoms with Crippen molar-refractivity contribution in [1.82, 2.24) is 9.55 Å². The molecule has 2 rings (SSSR count). The quantitative estimate of drug-likeness (QED) is 0.730. The van der Waals surface area contributed by atoms with Crippen molar-refractivity contribution < 1.29 is 0 Å². The highest BCUT2D eigenvalue weighted by Crippen LogP contribution is 2.22. The molecule has 2 heteroatoms. The number of nitrogens with zero attached hydrogens (tertiary/aromatic N) is 2. The maximum absolute atomic E-state index is 4.73. The van der Waals surface area contributed by atoms with E-state index in [9.17, 15) is 0 Å². The Bertz CT molecular complexity index is 611. The molecule has 2 aromatic rings. The van der Waals surface area contributed by atoms with Crippen LogP contribution in [-0.4, -0.2) is 9.55 Å². The Morgan fingerprint density at radius 1 is 1.22 bits per heavy atom. The van der Waals surface area contributed by atoms with E-state index in [1.807, 2.05) is 6.07 Å². The van der Waals surface area contributed by atoms with Crippen LogP contribution < -0.4 is 0 Å². The fourth-order valence-electron chi connectivity index (χ4n) is 2.05. The van der Waals surface area contributed by atoms with Crippen LogP contribution in [0, 0.1) is 0 Å². The maximum atomic E-state index is 4.73. The van der Waals surface area contributed by atoms with Crippen molar-refractivity contribution >= 4 is 16.6 Å². The number of para-hydroxylation sites is 2. The summed E-state index contributed by atoms with van der Waals surface area (Å²) in [5.74, 6) is 1.07. The first-order valence-electron chi connectivity index (χ1n) is 6.39. The molecule has 2 nitrogen and oxygen atoms in total. The predicted molar refractivity (Wildman–Crippen MR) is 78.4 cm³/mol. The molecule has 1 aromatic carbocycles. The molecule has 0 unspecified atom stereocenters. The lowest BCUT2D eigenvalue weighted by Crippen LogP contribution is -1.96. The average molecular weight is 240 g/mol. The van der Waals surface area contributed by atoms with E-state index in [1.54, 1.807) is 0 Å². The van der Waals surface area contributed by atoms with Gasteiger partial charge in [-0.15, -0.1) is 0 Å². The smallest absolute Gasteiger partial charge is 0.136 e. The number of benzene rings is 1. The summed E-state index contributed by atoms with van der Waals surface area (Å²) < 4.78 is 2.17. The summed E-state index contributed by atoms with van der Waals surface area (Å²) in [6.45, 7) is 6.39. The lowest BCUT2D eigenvalue weighted by Gasteiger charge is -2.04. The van der Waals surface area contributed by atoms with Crippen molar-refractivity contribution in [3.63, 3.8) is 0 Å². The molecule has 0 aliphatic carbocycles. The van der Waals surface area contributed by atoms with E-state index in [0.29, 0.717) is 0 Å². The van der Waals surface area contributed by atoms with Gasteiger partial charge in [-0.05, 0) is 38.0 Å². The van der Waals surface area contributed by atoms with E-state index >= 15 is 0 Å². The molecule has 0 saturated heterocycles. The van der Waals surface area contributed by atoms with Gasteiger partial charge in [0.1, 0.15) is 5.82 Å². The highest BCUT2D eigenvalue weighted by atomic mass is 15.1. The Balaban J connectivity index is 2.55. The number of hydrogen-bond acceptors (Lipinski definition) is 1. The van der Waals surface area contributed by atoms with Gasteiger partial charge in [-0.1, -0.05) is 36.8 Å². The van der Waals surface area contributed by atoms with Crippen LogP contribution in [0.1, 0.15) is 33.0 Å². The molecule has 0 radical (unpaired) electrons. The zero-order valence-corrected chi connectivity index (χ0v) is 11.6. The van der Waals surface area contributed by atoms with Gasteiger partial charge >= 0.3 is 0 Å². The second kappa shape index (κ2) is 5.21. The van der Waals surface area contributed by atoms with Crippen molar-refractivity contribution in [3.05, 3.63) is 47.8 Å². The van der Waals surface area contributed by atoms with E-state index < -0.39 is 0 Å². The fraction of sp³-hybridized carbons (Fsp3) is 0.312. The van der Waals surface area contributed by atoms with E-state index in [2.05, 4.69) is 62.7 Å². The standard InChI is InChI=1S/C16H20N2/c1-5-13(11-10-12(2)3)16-17-14-8-6-7-9-15(14)18(16)4/h6-11H,5H2,1-4H3/b13-11+. The van der Waals surface area contributed by atoms with E-state index in [1.165, 1.54) is 16.7 Å². The Kier molecular flexibility index (Phi) is 3.66. The summed E-state index contributed by atoms with van der Waals surface area (Å²) in [5, 5.41) is 0. The number of allylic oxidation sites excluding steroid dienone is 4.